The van der Waals surface area contributed by atoms with Crippen LogP contribution in [-0.2, 0) is 11.3 Å². The molecule has 2 atom stereocenters. The second-order valence-corrected chi connectivity index (χ2v) is 7.72. The van der Waals surface area contributed by atoms with E-state index in [1.807, 2.05) is 41.1 Å². The monoisotopic (exact) mass is 353 g/mol. The molecule has 1 saturated carbocycles. The molecule has 1 aliphatic carbocycles. The molecule has 1 saturated heterocycles. The van der Waals surface area contributed by atoms with Gasteiger partial charge in [-0.3, -0.25) is 9.48 Å². The van der Waals surface area contributed by atoms with Gasteiger partial charge in [0.2, 0.25) is 0 Å². The van der Waals surface area contributed by atoms with Crippen LogP contribution in [0.25, 0.3) is 0 Å². The number of ether oxygens (including phenoxy) is 1. The van der Waals surface area contributed by atoms with Crippen molar-refractivity contribution in [2.45, 2.75) is 44.8 Å². The summed E-state index contributed by atoms with van der Waals surface area (Å²) in [5.41, 5.74) is 2.02. The average molecular weight is 353 g/mol. The number of likely N-dealkylation sites (tertiary alicyclic amines) is 1. The van der Waals surface area contributed by atoms with Gasteiger partial charge < -0.3 is 9.64 Å². The molecule has 1 spiro atoms. The Morgan fingerprint density at radius 1 is 1.27 bits per heavy atom. The Morgan fingerprint density at radius 3 is 2.88 bits per heavy atom. The van der Waals surface area contributed by atoms with E-state index in [9.17, 15) is 4.79 Å². The number of carbonyl (C=O) groups excluding carboxylic acids is 1. The fourth-order valence-corrected chi connectivity index (χ4v) is 4.79. The number of aromatic nitrogens is 2. The van der Waals surface area contributed by atoms with Crippen molar-refractivity contribution in [2.24, 2.45) is 5.41 Å². The maximum Gasteiger partial charge on any atom is 0.257 e. The maximum atomic E-state index is 13.0. The van der Waals surface area contributed by atoms with Crippen LogP contribution in [-0.4, -0.2) is 46.9 Å². The number of nitrogens with zero attached hydrogens (tertiary/aromatic N) is 3. The first-order chi connectivity index (χ1) is 12.7. The Morgan fingerprint density at radius 2 is 2.08 bits per heavy atom. The molecule has 1 aromatic heterocycles. The lowest BCUT2D eigenvalue weighted by atomic mass is 9.76. The van der Waals surface area contributed by atoms with Crippen molar-refractivity contribution in [1.29, 1.82) is 0 Å². The van der Waals surface area contributed by atoms with Gasteiger partial charge in [0.15, 0.2) is 0 Å². The van der Waals surface area contributed by atoms with Crippen LogP contribution in [0.2, 0.25) is 0 Å². The third kappa shape index (κ3) is 3.28. The number of hydrogen-bond donors (Lipinski definition) is 0. The Hall–Kier alpha value is -2.14. The summed E-state index contributed by atoms with van der Waals surface area (Å²) >= 11 is 0. The molecule has 2 aliphatic rings. The van der Waals surface area contributed by atoms with Crippen molar-refractivity contribution in [3.8, 4) is 0 Å². The molecule has 5 nitrogen and oxygen atoms in total. The molecule has 4 rings (SSSR count). The molecule has 1 amide bonds. The molecular weight excluding hydrogens is 326 g/mol. The quantitative estimate of drug-likeness (QED) is 0.847. The zero-order valence-corrected chi connectivity index (χ0v) is 15.4. The lowest BCUT2D eigenvalue weighted by Gasteiger charge is -2.43. The predicted molar refractivity (Wildman–Crippen MR) is 100.0 cm³/mol. The van der Waals surface area contributed by atoms with Gasteiger partial charge in [0, 0.05) is 31.8 Å². The minimum absolute atomic E-state index is 0.102. The van der Waals surface area contributed by atoms with Gasteiger partial charge in [-0.15, -0.1) is 0 Å². The minimum Gasteiger partial charge on any atom is -0.381 e. The molecule has 0 bridgehead atoms. The summed E-state index contributed by atoms with van der Waals surface area (Å²) in [4.78, 5) is 15.1. The van der Waals surface area contributed by atoms with Crippen LogP contribution in [0.5, 0.6) is 0 Å². The normalized spacial score (nSPS) is 25.7. The van der Waals surface area contributed by atoms with Crippen LogP contribution >= 0.6 is 0 Å². The molecule has 26 heavy (non-hydrogen) atoms. The summed E-state index contributed by atoms with van der Waals surface area (Å²) < 4.78 is 7.60. The van der Waals surface area contributed by atoms with Gasteiger partial charge >= 0.3 is 0 Å². The van der Waals surface area contributed by atoms with Crippen LogP contribution in [0.4, 0.5) is 0 Å². The van der Waals surface area contributed by atoms with E-state index >= 15 is 0 Å². The summed E-state index contributed by atoms with van der Waals surface area (Å²) in [7, 11) is 1.81. The van der Waals surface area contributed by atoms with Gasteiger partial charge in [-0.25, -0.2) is 0 Å². The molecule has 5 heteroatoms. The zero-order valence-electron chi connectivity index (χ0n) is 15.4. The summed E-state index contributed by atoms with van der Waals surface area (Å²) in [6.45, 7) is 2.33. The molecule has 138 valence electrons. The highest BCUT2D eigenvalue weighted by molar-refractivity contribution is 5.93. The van der Waals surface area contributed by atoms with Crippen molar-refractivity contribution in [3.63, 3.8) is 0 Å². The van der Waals surface area contributed by atoms with E-state index in [2.05, 4.69) is 17.2 Å². The van der Waals surface area contributed by atoms with Crippen molar-refractivity contribution >= 4 is 5.91 Å². The molecule has 1 aromatic carbocycles. The summed E-state index contributed by atoms with van der Waals surface area (Å²) in [6, 6.07) is 10.2. The van der Waals surface area contributed by atoms with Crippen molar-refractivity contribution in [2.75, 3.05) is 20.2 Å². The first-order valence-corrected chi connectivity index (χ1v) is 9.59. The average Bonchev–Trinajstić information content (AvgIpc) is 3.29. The number of amides is 1. The van der Waals surface area contributed by atoms with E-state index in [4.69, 9.17) is 4.74 Å². The molecule has 0 N–H and O–H groups in total. The summed E-state index contributed by atoms with van der Waals surface area (Å²) in [5.74, 6) is 0.102. The highest BCUT2D eigenvalue weighted by atomic mass is 16.5. The maximum absolute atomic E-state index is 13.0. The number of benzene rings is 1. The largest absolute Gasteiger partial charge is 0.381 e. The lowest BCUT2D eigenvalue weighted by Crippen LogP contribution is -2.49. The van der Waals surface area contributed by atoms with E-state index in [1.165, 1.54) is 24.8 Å². The molecule has 0 unspecified atom stereocenters. The SMILES string of the molecule is CO[C@@H]1CCC[C@]12CCCN(C(=O)c1cnn(Cc3ccccc3)c1)C2. The molecular formula is C21H27N3O2. The highest BCUT2D eigenvalue weighted by Gasteiger charge is 2.46. The molecule has 2 aromatic rings. The van der Waals surface area contributed by atoms with Crippen LogP contribution in [0.15, 0.2) is 42.7 Å². The van der Waals surface area contributed by atoms with E-state index in [1.54, 1.807) is 6.20 Å². The van der Waals surface area contributed by atoms with Crippen LogP contribution < -0.4 is 0 Å². The molecule has 2 fully saturated rings. The van der Waals surface area contributed by atoms with Gasteiger partial charge in [-0.1, -0.05) is 36.8 Å². The van der Waals surface area contributed by atoms with E-state index in [0.717, 1.165) is 25.9 Å². The first-order valence-electron chi connectivity index (χ1n) is 9.59. The number of hydrogen-bond acceptors (Lipinski definition) is 3. The van der Waals surface area contributed by atoms with Crippen LogP contribution in [0.3, 0.4) is 0 Å². The highest BCUT2D eigenvalue weighted by Crippen LogP contribution is 2.46. The van der Waals surface area contributed by atoms with E-state index in [0.29, 0.717) is 18.2 Å². The van der Waals surface area contributed by atoms with Crippen molar-refractivity contribution in [3.05, 3.63) is 53.9 Å². The van der Waals surface area contributed by atoms with Gasteiger partial charge in [0.25, 0.3) is 5.91 Å². The van der Waals surface area contributed by atoms with E-state index in [-0.39, 0.29) is 11.3 Å². The predicted octanol–water partition coefficient (Wildman–Crippen LogP) is 3.35. The number of carbonyl (C=O) groups is 1. The van der Waals surface area contributed by atoms with Crippen LogP contribution in [0, 0.1) is 5.41 Å². The van der Waals surface area contributed by atoms with Crippen LogP contribution in [0.1, 0.15) is 48.0 Å². The van der Waals surface area contributed by atoms with Gasteiger partial charge in [0.1, 0.15) is 0 Å². The van der Waals surface area contributed by atoms with Gasteiger partial charge in [0.05, 0.1) is 24.4 Å². The number of piperidine rings is 1. The van der Waals surface area contributed by atoms with Gasteiger partial charge in [-0.05, 0) is 31.2 Å². The topological polar surface area (TPSA) is 47.4 Å². The molecule has 2 heterocycles. The first kappa shape index (κ1) is 17.3. The fraction of sp³-hybridized carbons (Fsp3) is 0.524. The Bertz CT molecular complexity index is 758. The smallest absolute Gasteiger partial charge is 0.257 e. The molecule has 0 radical (unpaired) electrons. The van der Waals surface area contributed by atoms with Gasteiger partial charge in [-0.2, -0.15) is 5.10 Å². The second kappa shape index (κ2) is 7.23. The second-order valence-electron chi connectivity index (χ2n) is 7.72. The summed E-state index contributed by atoms with van der Waals surface area (Å²) in [6.07, 6.45) is 9.59. The summed E-state index contributed by atoms with van der Waals surface area (Å²) in [5, 5.41) is 4.39. The van der Waals surface area contributed by atoms with Crippen molar-refractivity contribution < 1.29 is 9.53 Å². The Kier molecular flexibility index (Phi) is 4.81. The lowest BCUT2D eigenvalue weighted by molar-refractivity contribution is -0.0295. The standard InChI is InChI=1S/C21H27N3O2/c1-26-19-9-5-10-21(19)11-6-12-23(16-21)20(25)18-13-22-24(15-18)14-17-7-3-2-4-8-17/h2-4,7-8,13,15,19H,5-6,9-12,14,16H2,1H3/t19-,21-/m1/s1. The third-order valence-corrected chi connectivity index (χ3v) is 6.07. The fourth-order valence-electron chi connectivity index (χ4n) is 4.79. The zero-order chi connectivity index (χ0) is 18.0. The number of rotatable bonds is 4. The Labute approximate surface area is 154 Å². The van der Waals surface area contributed by atoms with Crippen molar-refractivity contribution in [1.82, 2.24) is 14.7 Å². The van der Waals surface area contributed by atoms with E-state index < -0.39 is 0 Å². The third-order valence-electron chi connectivity index (χ3n) is 6.07. The Balaban J connectivity index is 1.46. The minimum atomic E-state index is 0.102. The molecule has 1 aliphatic heterocycles. The number of methoxy groups -OCH3 is 1.